The van der Waals surface area contributed by atoms with E-state index in [1.54, 1.807) is 38.1 Å². The van der Waals surface area contributed by atoms with Crippen LogP contribution in [0.15, 0.2) is 82.6 Å². The van der Waals surface area contributed by atoms with Crippen molar-refractivity contribution >= 4 is 43.0 Å². The molecule has 4 aromatic carbocycles. The summed E-state index contributed by atoms with van der Waals surface area (Å²) in [5.74, 6) is -1.14. The van der Waals surface area contributed by atoms with Crippen molar-refractivity contribution in [3.63, 3.8) is 0 Å². The zero-order valence-corrected chi connectivity index (χ0v) is 23.8. The van der Waals surface area contributed by atoms with E-state index in [9.17, 15) is 26.4 Å². The number of carbonyl (C=O) groups is 2. The molecule has 0 atom stereocenters. The summed E-state index contributed by atoms with van der Waals surface area (Å²) in [5.41, 5.74) is 3.99. The maximum absolute atomic E-state index is 13.5. The van der Waals surface area contributed by atoms with Gasteiger partial charge in [0.15, 0.2) is 11.6 Å². The third kappa shape index (κ3) is 4.69. The maximum Gasteiger partial charge on any atom is 0.261 e. The van der Waals surface area contributed by atoms with Crippen LogP contribution in [-0.2, 0) is 20.0 Å². The van der Waals surface area contributed by atoms with Gasteiger partial charge >= 0.3 is 0 Å². The van der Waals surface area contributed by atoms with Crippen LogP contribution in [-0.4, -0.2) is 28.4 Å². The van der Waals surface area contributed by atoms with Crippen molar-refractivity contribution in [3.05, 3.63) is 117 Å². The first-order valence-electron chi connectivity index (χ1n) is 12.4. The molecule has 4 aromatic rings. The summed E-state index contributed by atoms with van der Waals surface area (Å²) >= 11 is 0. The molecule has 0 unspecified atom stereocenters. The van der Waals surface area contributed by atoms with Crippen molar-refractivity contribution in [3.8, 4) is 0 Å². The number of anilines is 2. The summed E-state index contributed by atoms with van der Waals surface area (Å²) in [6.45, 7) is 7.30. The van der Waals surface area contributed by atoms with Crippen LogP contribution in [0.25, 0.3) is 0 Å². The Bertz CT molecular complexity index is 1820. The van der Waals surface area contributed by atoms with Gasteiger partial charge in [0.2, 0.25) is 0 Å². The first-order chi connectivity index (χ1) is 18.8. The first kappa shape index (κ1) is 27.3. The Hall–Kier alpha value is -4.28. The molecule has 0 aliphatic heterocycles. The molecule has 8 nitrogen and oxygen atoms in total. The first-order valence-corrected chi connectivity index (χ1v) is 15.3. The molecule has 0 amide bonds. The summed E-state index contributed by atoms with van der Waals surface area (Å²) < 4.78 is 57.9. The summed E-state index contributed by atoms with van der Waals surface area (Å²) in [5, 5.41) is 0. The minimum absolute atomic E-state index is 0.0484. The molecule has 0 heterocycles. The van der Waals surface area contributed by atoms with Gasteiger partial charge in [-0.05, 0) is 98.5 Å². The van der Waals surface area contributed by atoms with Crippen LogP contribution in [0, 0.1) is 27.7 Å². The highest BCUT2D eigenvalue weighted by Crippen LogP contribution is 2.32. The van der Waals surface area contributed by atoms with Crippen molar-refractivity contribution in [2.75, 3.05) is 9.44 Å². The molecule has 0 saturated carbocycles. The smallest absolute Gasteiger partial charge is 0.261 e. The average molecular weight is 575 g/mol. The summed E-state index contributed by atoms with van der Waals surface area (Å²) in [4.78, 5) is 26.4. The Morgan fingerprint density at radius 3 is 1.27 bits per heavy atom. The normalized spacial score (nSPS) is 13.0. The van der Waals surface area contributed by atoms with Crippen LogP contribution in [0.1, 0.15) is 54.1 Å². The van der Waals surface area contributed by atoms with E-state index in [0.29, 0.717) is 11.4 Å². The predicted molar refractivity (Wildman–Crippen MR) is 153 cm³/mol. The largest absolute Gasteiger partial charge is 0.289 e. The number of fused-ring (bicyclic) bond motifs is 2. The fourth-order valence-electron chi connectivity index (χ4n) is 4.57. The third-order valence-electron chi connectivity index (χ3n) is 7.28. The lowest BCUT2D eigenvalue weighted by molar-refractivity contribution is 0.0978. The predicted octanol–water partition coefficient (Wildman–Crippen LogP) is 5.30. The number of sulfonamides is 2. The number of aryl methyl sites for hydroxylation is 2. The lowest BCUT2D eigenvalue weighted by atomic mass is 9.84. The van der Waals surface area contributed by atoms with Crippen LogP contribution in [0.2, 0.25) is 0 Å². The Kier molecular flexibility index (Phi) is 6.63. The molecule has 1 aliphatic rings. The monoisotopic (exact) mass is 574 g/mol. The standard InChI is InChI=1S/C30H26N2O6S2/c1-17-7-5-9-27(19(17)3)31-39(35,36)21-11-13-23-25(15-21)30(34)26-16-22(12-14-24(26)29(23)33)40(37,38)32-28-10-6-8-18(2)20(28)4/h5-16,31-32H,1-4H3. The van der Waals surface area contributed by atoms with Gasteiger partial charge in [-0.2, -0.15) is 0 Å². The van der Waals surface area contributed by atoms with E-state index in [2.05, 4.69) is 9.44 Å². The Morgan fingerprint density at radius 1 is 0.500 bits per heavy atom. The summed E-state index contributed by atoms with van der Waals surface area (Å²) in [6, 6.07) is 17.9. The zero-order chi connectivity index (χ0) is 29.0. The number of nitrogens with one attached hydrogen (secondary N) is 2. The van der Waals surface area contributed by atoms with Crippen LogP contribution >= 0.6 is 0 Å². The maximum atomic E-state index is 13.5. The van der Waals surface area contributed by atoms with E-state index in [0.717, 1.165) is 34.4 Å². The average Bonchev–Trinajstić information content (AvgIpc) is 2.91. The number of rotatable bonds is 6. The van der Waals surface area contributed by atoms with Crippen molar-refractivity contribution in [1.82, 2.24) is 0 Å². The van der Waals surface area contributed by atoms with Gasteiger partial charge in [0.1, 0.15) is 0 Å². The van der Waals surface area contributed by atoms with E-state index >= 15 is 0 Å². The topological polar surface area (TPSA) is 126 Å². The lowest BCUT2D eigenvalue weighted by Gasteiger charge is -2.20. The second-order valence-corrected chi connectivity index (χ2v) is 13.1. The van der Waals surface area contributed by atoms with E-state index < -0.39 is 31.6 Å². The summed E-state index contributed by atoms with van der Waals surface area (Å²) in [7, 11) is -8.19. The number of carbonyl (C=O) groups excluding carboxylic acids is 2. The van der Waals surface area contributed by atoms with Crippen LogP contribution in [0.5, 0.6) is 0 Å². The van der Waals surface area contributed by atoms with E-state index in [1.165, 1.54) is 24.3 Å². The number of hydrogen-bond donors (Lipinski definition) is 2. The molecule has 5 rings (SSSR count). The minimum Gasteiger partial charge on any atom is -0.289 e. The molecule has 0 fully saturated rings. The van der Waals surface area contributed by atoms with Gasteiger partial charge in [-0.1, -0.05) is 24.3 Å². The molecule has 1 aliphatic carbocycles. The second kappa shape index (κ2) is 9.72. The fraction of sp³-hybridized carbons (Fsp3) is 0.133. The highest BCUT2D eigenvalue weighted by molar-refractivity contribution is 7.93. The molecule has 0 spiro atoms. The van der Waals surface area contributed by atoms with Crippen molar-refractivity contribution < 1.29 is 26.4 Å². The molecule has 10 heteroatoms. The third-order valence-corrected chi connectivity index (χ3v) is 10.0. The molecule has 0 aromatic heterocycles. The number of hydrogen-bond acceptors (Lipinski definition) is 6. The molecule has 0 saturated heterocycles. The molecule has 40 heavy (non-hydrogen) atoms. The fourth-order valence-corrected chi connectivity index (χ4v) is 6.87. The molecular weight excluding hydrogens is 548 g/mol. The van der Waals surface area contributed by atoms with Gasteiger partial charge in [-0.15, -0.1) is 0 Å². The minimum atomic E-state index is -4.10. The Labute approximate surface area is 233 Å². The number of benzene rings is 4. The molecular formula is C30H26N2O6S2. The van der Waals surface area contributed by atoms with Crippen molar-refractivity contribution in [2.45, 2.75) is 37.5 Å². The van der Waals surface area contributed by atoms with E-state index in [-0.39, 0.29) is 32.0 Å². The van der Waals surface area contributed by atoms with Gasteiger partial charge in [-0.3, -0.25) is 19.0 Å². The van der Waals surface area contributed by atoms with E-state index in [4.69, 9.17) is 0 Å². The SMILES string of the molecule is Cc1cccc(NS(=O)(=O)c2ccc3c(c2)C(=O)c2cc(S(=O)(=O)Nc4cccc(C)c4C)ccc2C3=O)c1C. The highest BCUT2D eigenvalue weighted by atomic mass is 32.2. The van der Waals surface area contributed by atoms with Crippen LogP contribution in [0.4, 0.5) is 11.4 Å². The van der Waals surface area contributed by atoms with Gasteiger partial charge < -0.3 is 0 Å². The number of ketones is 2. The molecule has 204 valence electrons. The Balaban J connectivity index is 1.52. The van der Waals surface area contributed by atoms with Crippen molar-refractivity contribution in [1.29, 1.82) is 0 Å². The van der Waals surface area contributed by atoms with Gasteiger partial charge in [0.25, 0.3) is 20.0 Å². The Morgan fingerprint density at radius 2 is 0.875 bits per heavy atom. The molecule has 0 bridgehead atoms. The lowest BCUT2D eigenvalue weighted by Crippen LogP contribution is -2.23. The molecule has 0 radical (unpaired) electrons. The molecule has 2 N–H and O–H groups in total. The quantitative estimate of drug-likeness (QED) is 0.284. The highest BCUT2D eigenvalue weighted by Gasteiger charge is 2.32. The van der Waals surface area contributed by atoms with Gasteiger partial charge in [-0.25, -0.2) is 16.8 Å². The second-order valence-electron chi connectivity index (χ2n) is 9.78. The van der Waals surface area contributed by atoms with Crippen LogP contribution < -0.4 is 9.44 Å². The van der Waals surface area contributed by atoms with E-state index in [1.807, 2.05) is 26.0 Å². The summed E-state index contributed by atoms with van der Waals surface area (Å²) in [6.07, 6.45) is 0. The van der Waals surface area contributed by atoms with Crippen molar-refractivity contribution in [2.24, 2.45) is 0 Å². The van der Waals surface area contributed by atoms with Crippen LogP contribution in [0.3, 0.4) is 0 Å². The van der Waals surface area contributed by atoms with Gasteiger partial charge in [0.05, 0.1) is 21.2 Å². The van der Waals surface area contributed by atoms with Gasteiger partial charge in [0, 0.05) is 22.3 Å². The zero-order valence-electron chi connectivity index (χ0n) is 22.2.